The quantitative estimate of drug-likeness (QED) is 0.156. The minimum absolute atomic E-state index is 0.130. The number of anilines is 3. The van der Waals surface area contributed by atoms with Crippen LogP contribution >= 0.6 is 0 Å². The first kappa shape index (κ1) is 39.3. The standard InChI is InChI=1S/C65H46N4/c1-65(2)58-24-14-12-22-51(58)52-35-34-50(40-59(52)65)67(47-28-26-44(27-29-47)43-16-6-3-7-17-43)48-30-32-49(33-31-48)69-63-41-56-53-23-13-15-25-61(53)68(46-20-10-5-11-21-46)62(56)42-57(63)54-36-37-60-55(64(54)69)38-39-66(60)45-18-8-4-9-19-45/h3-42H,1-2H3. The number of hydrogen-bond acceptors (Lipinski definition) is 1. The molecule has 1 aliphatic carbocycles. The predicted octanol–water partition coefficient (Wildman–Crippen LogP) is 17.3. The number of fused-ring (bicyclic) bond motifs is 11. The molecule has 13 aromatic rings. The van der Waals surface area contributed by atoms with Crippen molar-refractivity contribution in [2.75, 3.05) is 4.90 Å². The number of benzene rings is 10. The first-order chi connectivity index (χ1) is 34.0. The van der Waals surface area contributed by atoms with Crippen molar-refractivity contribution in [3.8, 4) is 39.3 Å². The van der Waals surface area contributed by atoms with Crippen LogP contribution in [0.5, 0.6) is 0 Å². The molecule has 69 heavy (non-hydrogen) atoms. The Morgan fingerprint density at radius 2 is 0.899 bits per heavy atom. The Bertz CT molecular complexity index is 4120. The van der Waals surface area contributed by atoms with Gasteiger partial charge in [0.05, 0.1) is 27.6 Å². The summed E-state index contributed by atoms with van der Waals surface area (Å²) in [6, 6.07) is 86.9. The van der Waals surface area contributed by atoms with Crippen LogP contribution in [0.3, 0.4) is 0 Å². The van der Waals surface area contributed by atoms with E-state index < -0.39 is 0 Å². The van der Waals surface area contributed by atoms with Gasteiger partial charge < -0.3 is 18.6 Å². The molecule has 326 valence electrons. The van der Waals surface area contributed by atoms with Crippen molar-refractivity contribution in [3.05, 3.63) is 254 Å². The summed E-state index contributed by atoms with van der Waals surface area (Å²) in [5.41, 5.74) is 20.3. The molecule has 0 spiro atoms. The molecule has 3 aromatic heterocycles. The van der Waals surface area contributed by atoms with Crippen LogP contribution in [0.2, 0.25) is 0 Å². The topological polar surface area (TPSA) is 18.0 Å². The van der Waals surface area contributed by atoms with Crippen molar-refractivity contribution in [1.29, 1.82) is 0 Å². The molecule has 0 saturated heterocycles. The SMILES string of the molecule is CC1(C)c2ccccc2-c2ccc(N(c3ccc(-c4ccccc4)cc3)c3ccc(-n4c5cc6c7ccccc7n(-c7ccccc7)c6cc5c5ccc6c(ccn6-c6ccccc6)c54)cc3)cc21. The normalized spacial score (nSPS) is 12.9. The zero-order valence-corrected chi connectivity index (χ0v) is 38.4. The van der Waals surface area contributed by atoms with Gasteiger partial charge in [0.25, 0.3) is 0 Å². The van der Waals surface area contributed by atoms with Gasteiger partial charge in [0.1, 0.15) is 0 Å². The van der Waals surface area contributed by atoms with E-state index in [2.05, 4.69) is 275 Å². The molecule has 0 aliphatic heterocycles. The molecule has 0 amide bonds. The van der Waals surface area contributed by atoms with E-state index >= 15 is 0 Å². The number of hydrogen-bond donors (Lipinski definition) is 0. The lowest BCUT2D eigenvalue weighted by molar-refractivity contribution is 0.660. The van der Waals surface area contributed by atoms with Gasteiger partial charge in [-0.15, -0.1) is 0 Å². The lowest BCUT2D eigenvalue weighted by Crippen LogP contribution is -2.16. The van der Waals surface area contributed by atoms with Gasteiger partial charge in [-0.3, -0.25) is 0 Å². The third kappa shape index (κ3) is 5.95. The molecule has 0 unspecified atom stereocenters. The first-order valence-corrected chi connectivity index (χ1v) is 23.9. The van der Waals surface area contributed by atoms with Gasteiger partial charge in [-0.25, -0.2) is 0 Å². The largest absolute Gasteiger partial charge is 0.316 e. The van der Waals surface area contributed by atoms with Crippen molar-refractivity contribution in [2.24, 2.45) is 0 Å². The second-order valence-electron chi connectivity index (χ2n) is 19.0. The minimum Gasteiger partial charge on any atom is -0.316 e. The number of para-hydroxylation sites is 3. The fraction of sp³-hybridized carbons (Fsp3) is 0.0462. The van der Waals surface area contributed by atoms with Crippen LogP contribution in [-0.4, -0.2) is 13.7 Å². The van der Waals surface area contributed by atoms with Crippen molar-refractivity contribution in [2.45, 2.75) is 19.3 Å². The van der Waals surface area contributed by atoms with Crippen molar-refractivity contribution in [3.63, 3.8) is 0 Å². The van der Waals surface area contributed by atoms with Crippen molar-refractivity contribution >= 4 is 71.6 Å². The second-order valence-corrected chi connectivity index (χ2v) is 19.0. The highest BCUT2D eigenvalue weighted by Crippen LogP contribution is 2.51. The number of aromatic nitrogens is 3. The molecule has 14 rings (SSSR count). The Balaban J connectivity index is 0.985. The van der Waals surface area contributed by atoms with Crippen LogP contribution in [0.25, 0.3) is 93.8 Å². The van der Waals surface area contributed by atoms with Crippen LogP contribution < -0.4 is 4.90 Å². The molecule has 0 saturated carbocycles. The third-order valence-corrected chi connectivity index (χ3v) is 14.9. The van der Waals surface area contributed by atoms with Crippen LogP contribution in [0.1, 0.15) is 25.0 Å². The van der Waals surface area contributed by atoms with E-state index in [0.29, 0.717) is 0 Å². The van der Waals surface area contributed by atoms with E-state index in [1.165, 1.54) is 87.9 Å². The summed E-state index contributed by atoms with van der Waals surface area (Å²) < 4.78 is 7.24. The Morgan fingerprint density at radius 3 is 1.65 bits per heavy atom. The van der Waals surface area contributed by atoms with E-state index in [-0.39, 0.29) is 5.41 Å². The van der Waals surface area contributed by atoms with Gasteiger partial charge in [-0.1, -0.05) is 147 Å². The summed E-state index contributed by atoms with van der Waals surface area (Å²) in [5.74, 6) is 0. The predicted molar refractivity (Wildman–Crippen MR) is 290 cm³/mol. The molecule has 0 fully saturated rings. The zero-order valence-electron chi connectivity index (χ0n) is 38.4. The maximum atomic E-state index is 2.51. The Kier molecular flexibility index (Phi) is 8.59. The van der Waals surface area contributed by atoms with Crippen molar-refractivity contribution < 1.29 is 0 Å². The average molecular weight is 883 g/mol. The van der Waals surface area contributed by atoms with Gasteiger partial charge in [0.15, 0.2) is 0 Å². The molecular formula is C65H46N4. The van der Waals surface area contributed by atoms with Crippen LogP contribution in [0.15, 0.2) is 243 Å². The fourth-order valence-electron chi connectivity index (χ4n) is 11.6. The Morgan fingerprint density at radius 1 is 0.333 bits per heavy atom. The first-order valence-electron chi connectivity index (χ1n) is 23.9. The summed E-state index contributed by atoms with van der Waals surface area (Å²) in [4.78, 5) is 2.42. The molecule has 10 aromatic carbocycles. The number of rotatable bonds is 7. The van der Waals surface area contributed by atoms with Crippen LogP contribution in [0, 0.1) is 0 Å². The average Bonchev–Trinajstić information content (AvgIpc) is 4.14. The van der Waals surface area contributed by atoms with Gasteiger partial charge in [-0.05, 0) is 137 Å². The molecule has 3 heterocycles. The maximum absolute atomic E-state index is 2.51. The van der Waals surface area contributed by atoms with Crippen LogP contribution in [0.4, 0.5) is 17.1 Å². The van der Waals surface area contributed by atoms with Gasteiger partial charge >= 0.3 is 0 Å². The molecule has 0 atom stereocenters. The zero-order chi connectivity index (χ0) is 45.8. The molecule has 0 bridgehead atoms. The van der Waals surface area contributed by atoms with Crippen molar-refractivity contribution in [1.82, 2.24) is 13.7 Å². The molecular weight excluding hydrogens is 837 g/mol. The van der Waals surface area contributed by atoms with Crippen LogP contribution in [-0.2, 0) is 5.41 Å². The van der Waals surface area contributed by atoms with E-state index in [1.54, 1.807) is 0 Å². The van der Waals surface area contributed by atoms with Gasteiger partial charge in [0, 0.05) is 72.7 Å². The summed E-state index contributed by atoms with van der Waals surface area (Å²) in [6.45, 7) is 4.72. The van der Waals surface area contributed by atoms with E-state index in [4.69, 9.17) is 0 Å². The fourth-order valence-corrected chi connectivity index (χ4v) is 11.6. The highest BCUT2D eigenvalue weighted by Gasteiger charge is 2.36. The lowest BCUT2D eigenvalue weighted by Gasteiger charge is -2.28. The summed E-state index contributed by atoms with van der Waals surface area (Å²) >= 11 is 0. The smallest absolute Gasteiger partial charge is 0.0635 e. The van der Waals surface area contributed by atoms with E-state index in [1.807, 2.05) is 0 Å². The monoisotopic (exact) mass is 882 g/mol. The Labute approximate surface area is 400 Å². The molecule has 0 radical (unpaired) electrons. The maximum Gasteiger partial charge on any atom is 0.0635 e. The molecule has 0 N–H and O–H groups in total. The summed E-state index contributed by atoms with van der Waals surface area (Å²) in [6.07, 6.45) is 2.22. The lowest BCUT2D eigenvalue weighted by atomic mass is 9.82. The summed E-state index contributed by atoms with van der Waals surface area (Å²) in [5, 5.41) is 6.12. The molecule has 4 heteroatoms. The Hall–Kier alpha value is -8.86. The highest BCUT2D eigenvalue weighted by molar-refractivity contribution is 6.23. The van der Waals surface area contributed by atoms with Gasteiger partial charge in [0.2, 0.25) is 0 Å². The molecule has 1 aliphatic rings. The van der Waals surface area contributed by atoms with E-state index in [0.717, 1.165) is 34.1 Å². The number of nitrogens with zero attached hydrogens (tertiary/aromatic N) is 4. The van der Waals surface area contributed by atoms with Gasteiger partial charge in [-0.2, -0.15) is 0 Å². The second kappa shape index (κ2) is 15.1. The van der Waals surface area contributed by atoms with E-state index in [9.17, 15) is 0 Å². The highest BCUT2D eigenvalue weighted by atomic mass is 15.1. The third-order valence-electron chi connectivity index (χ3n) is 14.9. The minimum atomic E-state index is -0.130. The molecule has 4 nitrogen and oxygen atoms in total. The summed E-state index contributed by atoms with van der Waals surface area (Å²) in [7, 11) is 0.